The second kappa shape index (κ2) is 7.72. The lowest BCUT2D eigenvalue weighted by Crippen LogP contribution is -2.24. The van der Waals surface area contributed by atoms with E-state index in [9.17, 15) is 13.2 Å². The summed E-state index contributed by atoms with van der Waals surface area (Å²) in [5, 5.41) is 2.71. The zero-order chi connectivity index (χ0) is 16.9. The SMILES string of the molecule is CCNC(=O)c1ccc(CNS(=O)(=O)c2ccccc2Br)cc1. The first-order valence-corrected chi connectivity index (χ1v) is 9.33. The van der Waals surface area contributed by atoms with E-state index in [1.54, 1.807) is 42.5 Å². The number of amides is 1. The molecule has 0 saturated heterocycles. The molecule has 2 aromatic rings. The van der Waals surface area contributed by atoms with Crippen molar-refractivity contribution in [3.8, 4) is 0 Å². The Balaban J connectivity index is 2.06. The first kappa shape index (κ1) is 17.7. The zero-order valence-electron chi connectivity index (χ0n) is 12.5. The summed E-state index contributed by atoms with van der Waals surface area (Å²) in [5.41, 5.74) is 1.32. The van der Waals surface area contributed by atoms with Crippen molar-refractivity contribution in [2.45, 2.75) is 18.4 Å². The highest BCUT2D eigenvalue weighted by Crippen LogP contribution is 2.21. The van der Waals surface area contributed by atoms with E-state index in [1.165, 1.54) is 6.07 Å². The van der Waals surface area contributed by atoms with Crippen molar-refractivity contribution in [3.63, 3.8) is 0 Å². The molecular weight excluding hydrogens is 380 g/mol. The topological polar surface area (TPSA) is 75.3 Å². The quantitative estimate of drug-likeness (QED) is 0.787. The van der Waals surface area contributed by atoms with E-state index in [-0.39, 0.29) is 17.3 Å². The number of carbonyl (C=O) groups is 1. The highest BCUT2D eigenvalue weighted by Gasteiger charge is 2.16. The molecule has 0 saturated carbocycles. The van der Waals surface area contributed by atoms with Gasteiger partial charge in [0.2, 0.25) is 10.0 Å². The molecule has 0 aliphatic rings. The molecule has 0 bridgehead atoms. The van der Waals surface area contributed by atoms with Gasteiger partial charge in [-0.25, -0.2) is 13.1 Å². The molecule has 5 nitrogen and oxygen atoms in total. The van der Waals surface area contributed by atoms with Crippen LogP contribution in [0.2, 0.25) is 0 Å². The van der Waals surface area contributed by atoms with E-state index in [0.717, 1.165) is 5.56 Å². The Morgan fingerprint density at radius 3 is 2.35 bits per heavy atom. The van der Waals surface area contributed by atoms with Gasteiger partial charge in [-0.05, 0) is 52.7 Å². The number of hydrogen-bond acceptors (Lipinski definition) is 3. The fraction of sp³-hybridized carbons (Fsp3) is 0.188. The van der Waals surface area contributed by atoms with Crippen molar-refractivity contribution < 1.29 is 13.2 Å². The number of benzene rings is 2. The highest BCUT2D eigenvalue weighted by molar-refractivity contribution is 9.10. The number of halogens is 1. The lowest BCUT2D eigenvalue weighted by Gasteiger charge is -2.09. The van der Waals surface area contributed by atoms with Gasteiger partial charge in [0.15, 0.2) is 0 Å². The number of hydrogen-bond donors (Lipinski definition) is 2. The summed E-state index contributed by atoms with van der Waals surface area (Å²) >= 11 is 3.23. The van der Waals surface area contributed by atoms with Crippen molar-refractivity contribution in [2.75, 3.05) is 6.54 Å². The normalized spacial score (nSPS) is 11.2. The number of rotatable bonds is 6. The van der Waals surface area contributed by atoms with Crippen LogP contribution in [0.5, 0.6) is 0 Å². The molecular formula is C16H17BrN2O3S. The van der Waals surface area contributed by atoms with Gasteiger partial charge in [0.1, 0.15) is 0 Å². The molecule has 0 spiro atoms. The van der Waals surface area contributed by atoms with Crippen molar-refractivity contribution in [1.82, 2.24) is 10.0 Å². The van der Waals surface area contributed by atoms with Crippen LogP contribution < -0.4 is 10.0 Å². The maximum atomic E-state index is 12.3. The molecule has 0 unspecified atom stereocenters. The smallest absolute Gasteiger partial charge is 0.251 e. The van der Waals surface area contributed by atoms with Crippen LogP contribution in [0.25, 0.3) is 0 Å². The minimum absolute atomic E-state index is 0.146. The number of nitrogens with one attached hydrogen (secondary N) is 2. The van der Waals surface area contributed by atoms with Gasteiger partial charge in [0.25, 0.3) is 5.91 Å². The minimum Gasteiger partial charge on any atom is -0.352 e. The average Bonchev–Trinajstić information content (AvgIpc) is 2.54. The van der Waals surface area contributed by atoms with E-state index in [1.807, 2.05) is 6.92 Å². The van der Waals surface area contributed by atoms with Crippen LogP contribution in [0.15, 0.2) is 57.9 Å². The fourth-order valence-electron chi connectivity index (χ4n) is 1.96. The van der Waals surface area contributed by atoms with Crippen LogP contribution in [0.3, 0.4) is 0 Å². The molecule has 0 fully saturated rings. The van der Waals surface area contributed by atoms with Gasteiger partial charge < -0.3 is 5.32 Å². The largest absolute Gasteiger partial charge is 0.352 e. The molecule has 1 amide bonds. The third kappa shape index (κ3) is 4.63. The monoisotopic (exact) mass is 396 g/mol. The molecule has 0 atom stereocenters. The van der Waals surface area contributed by atoms with Crippen molar-refractivity contribution in [2.24, 2.45) is 0 Å². The maximum Gasteiger partial charge on any atom is 0.251 e. The molecule has 0 aromatic heterocycles. The molecule has 0 radical (unpaired) electrons. The molecule has 7 heteroatoms. The minimum atomic E-state index is -3.60. The van der Waals surface area contributed by atoms with Gasteiger partial charge in [-0.2, -0.15) is 0 Å². The van der Waals surface area contributed by atoms with Crippen LogP contribution in [0, 0.1) is 0 Å². The van der Waals surface area contributed by atoms with Gasteiger partial charge in [0, 0.05) is 23.1 Å². The Morgan fingerprint density at radius 1 is 1.09 bits per heavy atom. The summed E-state index contributed by atoms with van der Waals surface area (Å²) in [7, 11) is -3.60. The predicted octanol–water partition coefficient (Wildman–Crippen LogP) is 2.68. The van der Waals surface area contributed by atoms with Crippen molar-refractivity contribution in [3.05, 3.63) is 64.1 Å². The van der Waals surface area contributed by atoms with Crippen LogP contribution in [0.4, 0.5) is 0 Å². The van der Waals surface area contributed by atoms with Gasteiger partial charge >= 0.3 is 0 Å². The summed E-state index contributed by atoms with van der Waals surface area (Å²) in [5.74, 6) is -0.146. The number of carbonyl (C=O) groups excluding carboxylic acids is 1. The fourth-order valence-corrected chi connectivity index (χ4v) is 3.97. The molecule has 2 aromatic carbocycles. The van der Waals surface area contributed by atoms with Crippen LogP contribution in [-0.4, -0.2) is 20.9 Å². The molecule has 0 aliphatic heterocycles. The summed E-state index contributed by atoms with van der Waals surface area (Å²) < 4.78 is 27.6. The first-order valence-electron chi connectivity index (χ1n) is 7.05. The Bertz CT molecular complexity index is 789. The third-order valence-electron chi connectivity index (χ3n) is 3.15. The maximum absolute atomic E-state index is 12.3. The van der Waals surface area contributed by atoms with Crippen molar-refractivity contribution >= 4 is 31.9 Å². The van der Waals surface area contributed by atoms with Gasteiger partial charge in [-0.3, -0.25) is 4.79 Å². The van der Waals surface area contributed by atoms with E-state index in [0.29, 0.717) is 16.6 Å². The van der Waals surface area contributed by atoms with E-state index in [4.69, 9.17) is 0 Å². The Morgan fingerprint density at radius 2 is 1.74 bits per heavy atom. The van der Waals surface area contributed by atoms with Crippen molar-refractivity contribution in [1.29, 1.82) is 0 Å². The average molecular weight is 397 g/mol. The lowest BCUT2D eigenvalue weighted by molar-refractivity contribution is 0.0956. The highest BCUT2D eigenvalue weighted by atomic mass is 79.9. The third-order valence-corrected chi connectivity index (χ3v) is 5.56. The molecule has 2 rings (SSSR count). The van der Waals surface area contributed by atoms with E-state index < -0.39 is 10.0 Å². The number of sulfonamides is 1. The first-order chi connectivity index (χ1) is 10.9. The summed E-state index contributed by atoms with van der Waals surface area (Å²) in [6.07, 6.45) is 0. The second-order valence-electron chi connectivity index (χ2n) is 4.81. The molecule has 0 heterocycles. The van der Waals surface area contributed by atoms with Gasteiger partial charge in [-0.15, -0.1) is 0 Å². The van der Waals surface area contributed by atoms with Gasteiger partial charge in [-0.1, -0.05) is 24.3 Å². The molecule has 2 N–H and O–H groups in total. The van der Waals surface area contributed by atoms with Crippen LogP contribution >= 0.6 is 15.9 Å². The van der Waals surface area contributed by atoms with E-state index in [2.05, 4.69) is 26.0 Å². The summed E-state index contributed by atoms with van der Waals surface area (Å²) in [6.45, 7) is 2.56. The molecule has 122 valence electrons. The summed E-state index contributed by atoms with van der Waals surface area (Å²) in [6, 6.07) is 13.4. The van der Waals surface area contributed by atoms with E-state index >= 15 is 0 Å². The summed E-state index contributed by atoms with van der Waals surface area (Å²) in [4.78, 5) is 11.9. The Hall–Kier alpha value is -1.70. The lowest BCUT2D eigenvalue weighted by atomic mass is 10.1. The zero-order valence-corrected chi connectivity index (χ0v) is 14.9. The van der Waals surface area contributed by atoms with Crippen LogP contribution in [0.1, 0.15) is 22.8 Å². The molecule has 0 aliphatic carbocycles. The molecule has 23 heavy (non-hydrogen) atoms. The Labute approximate surface area is 144 Å². The Kier molecular flexibility index (Phi) is 5.92. The van der Waals surface area contributed by atoms with Gasteiger partial charge in [0.05, 0.1) is 4.90 Å². The second-order valence-corrected chi connectivity index (χ2v) is 7.40. The standard InChI is InChI=1S/C16H17BrN2O3S/c1-2-18-16(20)13-9-7-12(8-10-13)11-19-23(21,22)15-6-4-3-5-14(15)17/h3-10,19H,2,11H2,1H3,(H,18,20). The predicted molar refractivity (Wildman–Crippen MR) is 92.6 cm³/mol. The van der Waals surface area contributed by atoms with Crippen LogP contribution in [-0.2, 0) is 16.6 Å².